The van der Waals surface area contributed by atoms with E-state index in [1.165, 1.54) is 56.8 Å². The van der Waals surface area contributed by atoms with Crippen LogP contribution in [0.2, 0.25) is 0 Å². The maximum Gasteiger partial charge on any atom is 0.0100 e. The Hall–Kier alpha value is 0.440. The molecule has 2 aliphatic rings. The second-order valence-corrected chi connectivity index (χ2v) is 6.69. The van der Waals surface area contributed by atoms with Crippen molar-refractivity contribution < 1.29 is 0 Å². The summed E-state index contributed by atoms with van der Waals surface area (Å²) in [6, 6.07) is 0.874. The predicted octanol–water partition coefficient (Wildman–Crippen LogP) is 4.06. The zero-order chi connectivity index (χ0) is 11.6. The lowest BCUT2D eigenvalue weighted by molar-refractivity contribution is 0.143. The highest BCUT2D eigenvalue weighted by molar-refractivity contribution is 9.09. The third-order valence-electron chi connectivity index (χ3n) is 4.84. The van der Waals surface area contributed by atoms with E-state index in [1.54, 1.807) is 0 Å². The summed E-state index contributed by atoms with van der Waals surface area (Å²) < 4.78 is 0. The topological polar surface area (TPSA) is 3.24 Å². The van der Waals surface area contributed by atoms with Crippen molar-refractivity contribution in [2.24, 2.45) is 11.3 Å². The Balaban J connectivity index is 1.76. The van der Waals surface area contributed by atoms with Gasteiger partial charge in [0.1, 0.15) is 0 Å². The highest BCUT2D eigenvalue weighted by Gasteiger charge is 2.43. The van der Waals surface area contributed by atoms with Crippen molar-refractivity contribution in [1.29, 1.82) is 0 Å². The van der Waals surface area contributed by atoms with Gasteiger partial charge in [0.25, 0.3) is 0 Å². The molecular formula is C14H26BrN. The second-order valence-electron chi connectivity index (χ2n) is 6.13. The summed E-state index contributed by atoms with van der Waals surface area (Å²) in [6.07, 6.45) is 10.1. The lowest BCUT2D eigenvalue weighted by atomic mass is 9.84. The molecule has 2 saturated carbocycles. The van der Waals surface area contributed by atoms with E-state index in [1.807, 2.05) is 0 Å². The van der Waals surface area contributed by atoms with E-state index in [9.17, 15) is 0 Å². The Kier molecular flexibility index (Phi) is 4.34. The van der Waals surface area contributed by atoms with Crippen molar-refractivity contribution in [3.63, 3.8) is 0 Å². The highest BCUT2D eigenvalue weighted by Crippen LogP contribution is 2.48. The average Bonchev–Trinajstić information content (AvgIpc) is 3.09. The van der Waals surface area contributed by atoms with Crippen LogP contribution in [0.1, 0.15) is 51.9 Å². The van der Waals surface area contributed by atoms with Crippen molar-refractivity contribution in [1.82, 2.24) is 4.90 Å². The van der Waals surface area contributed by atoms with E-state index in [-0.39, 0.29) is 0 Å². The first-order valence-electron chi connectivity index (χ1n) is 6.95. The molecule has 2 heteroatoms. The maximum atomic E-state index is 3.68. The van der Waals surface area contributed by atoms with Crippen LogP contribution in [0.3, 0.4) is 0 Å². The van der Waals surface area contributed by atoms with Crippen LogP contribution in [-0.4, -0.2) is 29.9 Å². The van der Waals surface area contributed by atoms with Gasteiger partial charge in [-0.15, -0.1) is 0 Å². The third-order valence-corrected chi connectivity index (χ3v) is 6.03. The van der Waals surface area contributed by atoms with E-state index in [0.29, 0.717) is 5.41 Å². The molecule has 1 nitrogen and oxygen atoms in total. The SMILES string of the molecule is CCC1CCC(N(C)CC2(CBr)CC2)CC1. The van der Waals surface area contributed by atoms with Crippen LogP contribution in [0.15, 0.2) is 0 Å². The maximum absolute atomic E-state index is 3.68. The summed E-state index contributed by atoms with van der Waals surface area (Å²) in [6.45, 7) is 3.67. The van der Waals surface area contributed by atoms with Crippen LogP contribution >= 0.6 is 15.9 Å². The van der Waals surface area contributed by atoms with Gasteiger partial charge in [-0.1, -0.05) is 29.3 Å². The predicted molar refractivity (Wildman–Crippen MR) is 74.1 cm³/mol. The Morgan fingerprint density at radius 1 is 1.19 bits per heavy atom. The molecule has 0 heterocycles. The first-order valence-corrected chi connectivity index (χ1v) is 8.07. The summed E-state index contributed by atoms with van der Waals surface area (Å²) >= 11 is 3.68. The average molecular weight is 288 g/mol. The lowest BCUT2D eigenvalue weighted by Crippen LogP contribution is -2.39. The number of hydrogen-bond donors (Lipinski definition) is 0. The molecule has 2 rings (SSSR count). The highest BCUT2D eigenvalue weighted by atomic mass is 79.9. The van der Waals surface area contributed by atoms with Crippen LogP contribution in [-0.2, 0) is 0 Å². The van der Waals surface area contributed by atoms with Crippen LogP contribution < -0.4 is 0 Å². The largest absolute Gasteiger partial charge is 0.303 e. The van der Waals surface area contributed by atoms with Crippen molar-refractivity contribution in [2.45, 2.75) is 57.9 Å². The zero-order valence-electron chi connectivity index (χ0n) is 10.8. The fourth-order valence-corrected chi connectivity index (χ4v) is 3.90. The fourth-order valence-electron chi connectivity index (χ4n) is 3.16. The van der Waals surface area contributed by atoms with E-state index < -0.39 is 0 Å². The molecule has 0 atom stereocenters. The van der Waals surface area contributed by atoms with E-state index in [4.69, 9.17) is 0 Å². The first-order chi connectivity index (χ1) is 7.69. The van der Waals surface area contributed by atoms with Crippen molar-refractivity contribution in [2.75, 3.05) is 18.9 Å². The Morgan fingerprint density at radius 2 is 1.81 bits per heavy atom. The van der Waals surface area contributed by atoms with Gasteiger partial charge in [-0.2, -0.15) is 0 Å². The van der Waals surface area contributed by atoms with Gasteiger partial charge >= 0.3 is 0 Å². The molecule has 0 radical (unpaired) electrons. The van der Waals surface area contributed by atoms with Gasteiger partial charge in [0.2, 0.25) is 0 Å². The van der Waals surface area contributed by atoms with E-state index >= 15 is 0 Å². The minimum absolute atomic E-state index is 0.649. The molecule has 0 aliphatic heterocycles. The number of alkyl halides is 1. The minimum Gasteiger partial charge on any atom is -0.303 e. The van der Waals surface area contributed by atoms with Gasteiger partial charge in [-0.3, -0.25) is 0 Å². The lowest BCUT2D eigenvalue weighted by Gasteiger charge is -2.36. The minimum atomic E-state index is 0.649. The molecule has 0 aromatic carbocycles. The number of rotatable bonds is 5. The third kappa shape index (κ3) is 3.01. The van der Waals surface area contributed by atoms with Crippen molar-refractivity contribution in [3.05, 3.63) is 0 Å². The molecule has 0 amide bonds. The molecule has 0 aromatic heterocycles. The smallest absolute Gasteiger partial charge is 0.0100 e. The van der Waals surface area contributed by atoms with Gasteiger partial charge < -0.3 is 4.90 Å². The Bertz CT molecular complexity index is 217. The van der Waals surface area contributed by atoms with E-state index in [0.717, 1.165) is 12.0 Å². The van der Waals surface area contributed by atoms with Crippen molar-refractivity contribution >= 4 is 15.9 Å². The van der Waals surface area contributed by atoms with Crippen LogP contribution in [0.25, 0.3) is 0 Å². The molecule has 0 aromatic rings. The summed E-state index contributed by atoms with van der Waals surface area (Å²) in [5.41, 5.74) is 0.649. The van der Waals surface area contributed by atoms with Crippen LogP contribution in [0.4, 0.5) is 0 Å². The monoisotopic (exact) mass is 287 g/mol. The van der Waals surface area contributed by atoms with Gasteiger partial charge in [0.05, 0.1) is 0 Å². The summed E-state index contributed by atoms with van der Waals surface area (Å²) in [7, 11) is 2.35. The van der Waals surface area contributed by atoms with Crippen LogP contribution in [0.5, 0.6) is 0 Å². The van der Waals surface area contributed by atoms with Crippen LogP contribution in [0, 0.1) is 11.3 Å². The molecule has 2 aliphatic carbocycles. The van der Waals surface area contributed by atoms with Gasteiger partial charge in [-0.05, 0) is 56.9 Å². The summed E-state index contributed by atoms with van der Waals surface area (Å²) in [4.78, 5) is 2.65. The quantitative estimate of drug-likeness (QED) is 0.689. The normalized spacial score (nSPS) is 33.0. The van der Waals surface area contributed by atoms with Gasteiger partial charge in [0, 0.05) is 17.9 Å². The van der Waals surface area contributed by atoms with Gasteiger partial charge in [0.15, 0.2) is 0 Å². The number of hydrogen-bond acceptors (Lipinski definition) is 1. The molecule has 0 N–H and O–H groups in total. The Labute approximate surface area is 109 Å². The summed E-state index contributed by atoms with van der Waals surface area (Å²) in [5.74, 6) is 1.02. The molecule has 0 unspecified atom stereocenters. The Morgan fingerprint density at radius 3 is 2.25 bits per heavy atom. The molecule has 0 bridgehead atoms. The zero-order valence-corrected chi connectivity index (χ0v) is 12.4. The standard InChI is InChI=1S/C14H26BrN/c1-3-12-4-6-13(7-5-12)16(2)11-14(10-15)8-9-14/h12-13H,3-11H2,1-2H3. The molecule has 0 spiro atoms. The summed E-state index contributed by atoms with van der Waals surface area (Å²) in [5, 5.41) is 1.20. The molecule has 0 saturated heterocycles. The number of nitrogens with zero attached hydrogens (tertiary/aromatic N) is 1. The molecular weight excluding hydrogens is 262 g/mol. The first kappa shape index (κ1) is 12.9. The molecule has 94 valence electrons. The number of halogens is 1. The second kappa shape index (κ2) is 5.39. The van der Waals surface area contributed by atoms with Crippen molar-refractivity contribution in [3.8, 4) is 0 Å². The van der Waals surface area contributed by atoms with Gasteiger partial charge in [-0.25, -0.2) is 0 Å². The fraction of sp³-hybridized carbons (Fsp3) is 1.00. The molecule has 2 fully saturated rings. The molecule has 16 heavy (non-hydrogen) atoms. The van der Waals surface area contributed by atoms with E-state index in [2.05, 4.69) is 34.8 Å².